The van der Waals surface area contributed by atoms with Gasteiger partial charge in [-0.3, -0.25) is 14.5 Å². The molecule has 2 saturated carbocycles. The molecular formula is C39H52N6O5S. The second-order valence-electron chi connectivity index (χ2n) is 16.3. The molecule has 51 heavy (non-hydrogen) atoms. The first-order valence-electron chi connectivity index (χ1n) is 18.7. The van der Waals surface area contributed by atoms with Gasteiger partial charge in [0.2, 0.25) is 5.91 Å². The number of rotatable bonds is 7. The molecule has 11 nitrogen and oxygen atoms in total. The van der Waals surface area contributed by atoms with E-state index in [2.05, 4.69) is 57.0 Å². The van der Waals surface area contributed by atoms with Crippen molar-refractivity contribution in [2.45, 2.75) is 88.9 Å². The van der Waals surface area contributed by atoms with Crippen molar-refractivity contribution in [3.63, 3.8) is 0 Å². The smallest absolute Gasteiger partial charge is 0.303 e. The minimum absolute atomic E-state index is 0.0440. The predicted octanol–water partition coefficient (Wildman–Crippen LogP) is 4.62. The summed E-state index contributed by atoms with van der Waals surface area (Å²) in [7, 11) is 2.68. The first-order chi connectivity index (χ1) is 24.3. The molecule has 12 heteroatoms. The fourth-order valence-corrected chi connectivity index (χ4v) is 10.4. The monoisotopic (exact) mass is 716 g/mol. The van der Waals surface area contributed by atoms with Crippen LogP contribution in [0, 0.1) is 5.41 Å². The summed E-state index contributed by atoms with van der Waals surface area (Å²) < 4.78 is 36.7. The first-order valence-corrected chi connectivity index (χ1v) is 20.1. The van der Waals surface area contributed by atoms with Crippen molar-refractivity contribution >= 4 is 32.9 Å². The Morgan fingerprint density at radius 1 is 0.980 bits per heavy atom. The van der Waals surface area contributed by atoms with E-state index in [1.165, 1.54) is 44.5 Å². The molecule has 2 saturated heterocycles. The van der Waals surface area contributed by atoms with Crippen LogP contribution in [-0.4, -0.2) is 116 Å². The molecule has 8 rings (SSSR count). The van der Waals surface area contributed by atoms with Crippen LogP contribution in [0.25, 0.3) is 22.2 Å². The molecule has 1 N–H and O–H groups in total. The number of ether oxygens (including phenoxy) is 1. The Bertz CT molecular complexity index is 1990. The Hall–Kier alpha value is -3.45. The summed E-state index contributed by atoms with van der Waals surface area (Å²) in [6.45, 7) is 8.45. The van der Waals surface area contributed by atoms with Crippen molar-refractivity contribution in [3.8, 4) is 17.0 Å². The van der Waals surface area contributed by atoms with Gasteiger partial charge in [0.15, 0.2) is 0 Å². The van der Waals surface area contributed by atoms with Crippen molar-refractivity contribution < 1.29 is 22.7 Å². The lowest BCUT2D eigenvalue weighted by atomic mass is 9.81. The second-order valence-corrected chi connectivity index (χ2v) is 18.2. The van der Waals surface area contributed by atoms with Crippen LogP contribution in [0.2, 0.25) is 0 Å². The van der Waals surface area contributed by atoms with Gasteiger partial charge >= 0.3 is 10.2 Å². The third-order valence-corrected chi connectivity index (χ3v) is 14.0. The van der Waals surface area contributed by atoms with E-state index < -0.39 is 21.5 Å². The van der Waals surface area contributed by atoms with Gasteiger partial charge < -0.3 is 19.1 Å². The van der Waals surface area contributed by atoms with E-state index in [1.807, 2.05) is 18.2 Å². The molecule has 5 aliphatic rings. The van der Waals surface area contributed by atoms with Crippen molar-refractivity contribution in [2.24, 2.45) is 5.41 Å². The molecule has 3 aromatic rings. The fourth-order valence-electron chi connectivity index (χ4n) is 9.88. The minimum Gasteiger partial charge on any atom is -0.497 e. The number of hydrogen-bond acceptors (Lipinski definition) is 7. The number of fused-ring (bicyclic) bond motifs is 9. The number of piperazine rings is 2. The molecule has 0 spiro atoms. The summed E-state index contributed by atoms with van der Waals surface area (Å²) in [5, 5.41) is 1.08. The number of nitrogens with one attached hydrogen (secondary N) is 1. The first kappa shape index (κ1) is 34.6. The number of benzene rings is 2. The van der Waals surface area contributed by atoms with Crippen LogP contribution in [-0.2, 0) is 21.5 Å². The molecule has 2 aromatic carbocycles. The van der Waals surface area contributed by atoms with Crippen LogP contribution in [0.15, 0.2) is 36.4 Å². The SMILES string of the molecule is COc1ccc2c(c1)C1CC1(C(=O)N1C3CN(C)CC1CN(C(C)C)C3)Cn1c-2c(C2CCCCC2)c2ccc(C(=O)NS(=O)(=O)N(C)C)cc21. The summed E-state index contributed by atoms with van der Waals surface area (Å²) in [5.41, 5.74) is 5.24. The van der Waals surface area contributed by atoms with E-state index in [-0.39, 0.29) is 29.5 Å². The summed E-state index contributed by atoms with van der Waals surface area (Å²) in [6, 6.07) is 12.6. The number of nitrogens with zero attached hydrogens (tertiary/aromatic N) is 5. The highest BCUT2D eigenvalue weighted by atomic mass is 32.2. The molecule has 274 valence electrons. The van der Waals surface area contributed by atoms with E-state index >= 15 is 4.79 Å². The molecule has 4 unspecified atom stereocenters. The van der Waals surface area contributed by atoms with Gasteiger partial charge in [-0.25, -0.2) is 4.72 Å². The average Bonchev–Trinajstić information content (AvgIpc) is 3.77. The van der Waals surface area contributed by atoms with Crippen molar-refractivity contribution in [3.05, 3.63) is 53.1 Å². The van der Waals surface area contributed by atoms with Crippen LogP contribution in [0.5, 0.6) is 5.75 Å². The van der Waals surface area contributed by atoms with Gasteiger partial charge in [-0.2, -0.15) is 12.7 Å². The normalized spacial score (nSPS) is 26.8. The summed E-state index contributed by atoms with van der Waals surface area (Å²) in [6.07, 6.45) is 6.49. The van der Waals surface area contributed by atoms with Gasteiger partial charge in [0.1, 0.15) is 5.75 Å². The van der Waals surface area contributed by atoms with E-state index in [4.69, 9.17) is 4.74 Å². The molecule has 1 aromatic heterocycles. The summed E-state index contributed by atoms with van der Waals surface area (Å²) in [4.78, 5) is 36.0. The molecule has 3 aliphatic heterocycles. The highest BCUT2D eigenvalue weighted by Gasteiger charge is 2.65. The van der Waals surface area contributed by atoms with E-state index in [1.54, 1.807) is 13.2 Å². The van der Waals surface area contributed by atoms with Gasteiger partial charge in [-0.1, -0.05) is 25.3 Å². The quantitative estimate of drug-likeness (QED) is 0.381. The molecule has 2 amide bonds. The summed E-state index contributed by atoms with van der Waals surface area (Å²) in [5.74, 6) is 0.751. The zero-order chi connectivity index (χ0) is 36.0. The van der Waals surface area contributed by atoms with Gasteiger partial charge in [0, 0.05) is 80.8 Å². The maximum Gasteiger partial charge on any atom is 0.303 e. The molecule has 2 aliphatic carbocycles. The van der Waals surface area contributed by atoms with Crippen LogP contribution in [0.3, 0.4) is 0 Å². The molecule has 2 bridgehead atoms. The lowest BCUT2D eigenvalue weighted by molar-refractivity contribution is -0.153. The lowest BCUT2D eigenvalue weighted by Gasteiger charge is -2.54. The van der Waals surface area contributed by atoms with Gasteiger partial charge in [0.05, 0.1) is 30.3 Å². The third kappa shape index (κ3) is 5.68. The standard InChI is InChI=1S/C39H52N6O5S/c1-24(2)43-21-27-19-42(5)20-28(22-43)45(27)38(47)39-18-33(39)32-17-29(50-6)13-15-30(32)36-35(25-10-8-7-9-11-25)31-14-12-26(16-34(31)44(36)23-39)37(46)40-51(48,49)41(3)4/h12-17,24-25,27-28,33H,7-11,18-23H2,1-6H3,(H,40,46). The average molecular weight is 717 g/mol. The number of carbonyl (C=O) groups is 2. The Kier molecular flexibility index (Phi) is 8.55. The Labute approximate surface area is 302 Å². The van der Waals surface area contributed by atoms with Crippen LogP contribution in [0.1, 0.15) is 85.7 Å². The number of methoxy groups -OCH3 is 1. The Morgan fingerprint density at radius 3 is 2.33 bits per heavy atom. The predicted molar refractivity (Wildman–Crippen MR) is 198 cm³/mol. The second kappa shape index (κ2) is 12.6. The van der Waals surface area contributed by atoms with Gasteiger partial charge in [-0.05, 0) is 87.5 Å². The Morgan fingerprint density at radius 2 is 1.69 bits per heavy atom. The largest absolute Gasteiger partial charge is 0.497 e. The number of likely N-dealkylation sites (N-methyl/N-ethyl adjacent to an activating group) is 1. The van der Waals surface area contributed by atoms with Crippen molar-refractivity contribution in [1.82, 2.24) is 28.3 Å². The number of aromatic nitrogens is 1. The molecule has 4 atom stereocenters. The highest BCUT2D eigenvalue weighted by Crippen LogP contribution is 2.66. The number of amides is 2. The maximum atomic E-state index is 15.4. The minimum atomic E-state index is -3.98. The zero-order valence-electron chi connectivity index (χ0n) is 30.8. The van der Waals surface area contributed by atoms with Crippen LogP contribution >= 0.6 is 0 Å². The molecular weight excluding hydrogens is 665 g/mol. The number of hydrogen-bond donors (Lipinski definition) is 1. The summed E-state index contributed by atoms with van der Waals surface area (Å²) >= 11 is 0. The van der Waals surface area contributed by atoms with E-state index in [9.17, 15) is 13.2 Å². The van der Waals surface area contributed by atoms with Crippen LogP contribution < -0.4 is 9.46 Å². The van der Waals surface area contributed by atoms with Crippen molar-refractivity contribution in [1.29, 1.82) is 0 Å². The topological polar surface area (TPSA) is 107 Å². The Balaban J connectivity index is 1.30. The maximum absolute atomic E-state index is 15.4. The third-order valence-electron chi connectivity index (χ3n) is 12.6. The van der Waals surface area contributed by atoms with Gasteiger partial charge in [-0.15, -0.1) is 0 Å². The van der Waals surface area contributed by atoms with E-state index in [0.29, 0.717) is 18.5 Å². The zero-order valence-corrected chi connectivity index (χ0v) is 31.6. The van der Waals surface area contributed by atoms with Gasteiger partial charge in [0.25, 0.3) is 5.91 Å². The van der Waals surface area contributed by atoms with Crippen LogP contribution in [0.4, 0.5) is 0 Å². The molecule has 4 fully saturated rings. The van der Waals surface area contributed by atoms with E-state index in [0.717, 1.165) is 77.7 Å². The molecule has 4 heterocycles. The fraction of sp³-hybridized carbons (Fsp3) is 0.590. The van der Waals surface area contributed by atoms with Crippen molar-refractivity contribution in [2.75, 3.05) is 54.4 Å². The lowest BCUT2D eigenvalue weighted by Crippen LogP contribution is -2.71. The highest BCUT2D eigenvalue weighted by molar-refractivity contribution is 7.87. The number of carbonyl (C=O) groups excluding carboxylic acids is 2. The molecule has 0 radical (unpaired) electrons.